The molecule has 0 aliphatic carbocycles. The van der Waals surface area contributed by atoms with Crippen LogP contribution >= 0.6 is 47.8 Å². The van der Waals surface area contributed by atoms with Crippen LogP contribution in [0.15, 0.2) is 0 Å². The van der Waals surface area contributed by atoms with Crippen molar-refractivity contribution in [3.05, 3.63) is 0 Å². The van der Waals surface area contributed by atoms with Gasteiger partial charge in [-0.2, -0.15) is 0 Å². The first-order valence-corrected chi connectivity index (χ1v) is 14.6. The van der Waals surface area contributed by atoms with Crippen molar-refractivity contribution in [3.63, 3.8) is 0 Å². The van der Waals surface area contributed by atoms with Crippen molar-refractivity contribution in [1.29, 1.82) is 0 Å². The normalized spacial score (nSPS) is 10.2. The molecule has 32 heavy (non-hydrogen) atoms. The molecular weight excluding hydrogens is 616 g/mol. The summed E-state index contributed by atoms with van der Waals surface area (Å²) in [6, 6.07) is 0. The van der Waals surface area contributed by atoms with Crippen LogP contribution in [-0.4, -0.2) is 65.4 Å². The number of carboxylic acid groups (broad SMARTS) is 1. The monoisotopic (exact) mass is 652 g/mol. The molecule has 0 spiro atoms. The number of unbranched alkanes of at least 4 members (excludes halogenated alkanes) is 6. The van der Waals surface area contributed by atoms with Crippen molar-refractivity contribution in [3.8, 4) is 0 Å². The minimum Gasteiger partial charge on any atom is -0.481 e. The quantitative estimate of drug-likeness (QED) is 0.0917. The summed E-state index contributed by atoms with van der Waals surface area (Å²) in [5.74, 6) is -1.05. The number of alkyl halides is 3. The van der Waals surface area contributed by atoms with Crippen LogP contribution in [0.25, 0.3) is 0 Å². The van der Waals surface area contributed by atoms with E-state index in [2.05, 4.69) is 47.8 Å². The smallest absolute Gasteiger partial charge is 0.305 e. The summed E-state index contributed by atoms with van der Waals surface area (Å²) in [5, 5.41) is 11.1. The van der Waals surface area contributed by atoms with Crippen molar-refractivity contribution >= 4 is 65.7 Å². The Bertz CT molecular complexity index is 423. The Balaban J connectivity index is 0. The third-order valence-corrected chi connectivity index (χ3v) is 5.72. The highest BCUT2D eigenvalue weighted by molar-refractivity contribution is 9.09. The number of rotatable bonds is 21. The zero-order valence-electron chi connectivity index (χ0n) is 19.0. The van der Waals surface area contributed by atoms with E-state index < -0.39 is 5.97 Å². The van der Waals surface area contributed by atoms with Crippen LogP contribution in [0.4, 0.5) is 0 Å². The average molecular weight is 655 g/mol. The van der Waals surface area contributed by atoms with Gasteiger partial charge in [0.15, 0.2) is 0 Å². The molecule has 0 unspecified atom stereocenters. The maximum absolute atomic E-state index is 11.4. The lowest BCUT2D eigenvalue weighted by molar-refractivity contribution is -0.147. The average Bonchev–Trinajstić information content (AvgIpc) is 2.77. The maximum Gasteiger partial charge on any atom is 0.305 e. The molecule has 0 fully saturated rings. The second-order valence-corrected chi connectivity index (χ2v) is 9.32. The van der Waals surface area contributed by atoms with Gasteiger partial charge in [0.05, 0.1) is 13.2 Å². The number of esters is 2. The van der Waals surface area contributed by atoms with E-state index in [1.165, 1.54) is 0 Å². The SMILES string of the molecule is O=C(CCCCCBr)OCCOCCOC(=O)CCCCCBr.O=C(O)CCCCCBr. The third-order valence-electron chi connectivity index (χ3n) is 4.03. The van der Waals surface area contributed by atoms with E-state index in [9.17, 15) is 14.4 Å². The number of hydrogen-bond donors (Lipinski definition) is 1. The first-order valence-electron chi connectivity index (χ1n) is 11.3. The van der Waals surface area contributed by atoms with Crippen LogP contribution in [0, 0.1) is 0 Å². The number of aliphatic carboxylic acids is 1. The molecule has 10 heteroatoms. The fraction of sp³-hybridized carbons (Fsp3) is 0.864. The number of hydrogen-bond acceptors (Lipinski definition) is 6. The second kappa shape index (κ2) is 28.8. The molecule has 0 saturated carbocycles. The lowest BCUT2D eigenvalue weighted by atomic mass is 10.2. The Morgan fingerprint density at radius 1 is 0.531 bits per heavy atom. The first kappa shape index (κ1) is 34.0. The molecule has 0 aromatic carbocycles. The van der Waals surface area contributed by atoms with E-state index in [4.69, 9.17) is 19.3 Å². The Labute approximate surface area is 218 Å². The first-order chi connectivity index (χ1) is 15.5. The second-order valence-electron chi connectivity index (χ2n) is 6.95. The fourth-order valence-electron chi connectivity index (χ4n) is 2.30. The van der Waals surface area contributed by atoms with Gasteiger partial charge in [0.25, 0.3) is 0 Å². The van der Waals surface area contributed by atoms with Crippen LogP contribution in [0.1, 0.15) is 77.0 Å². The van der Waals surface area contributed by atoms with E-state index in [-0.39, 0.29) is 25.2 Å². The van der Waals surface area contributed by atoms with Gasteiger partial charge in [0.1, 0.15) is 13.2 Å². The van der Waals surface area contributed by atoms with E-state index >= 15 is 0 Å². The fourth-order valence-corrected chi connectivity index (χ4v) is 3.49. The number of carboxylic acids is 1. The predicted molar refractivity (Wildman–Crippen MR) is 137 cm³/mol. The molecule has 1 N–H and O–H groups in total. The topological polar surface area (TPSA) is 99.1 Å². The number of halogens is 3. The molecular formula is C22H39Br3O7. The summed E-state index contributed by atoms with van der Waals surface area (Å²) in [5.41, 5.74) is 0. The van der Waals surface area contributed by atoms with E-state index in [0.29, 0.717) is 32.5 Å². The largest absolute Gasteiger partial charge is 0.481 e. The van der Waals surface area contributed by atoms with Crippen LogP contribution in [0.5, 0.6) is 0 Å². The Kier molecular flexibility index (Phi) is 30.6. The molecule has 0 atom stereocenters. The van der Waals surface area contributed by atoms with Gasteiger partial charge in [-0.25, -0.2) is 0 Å². The van der Waals surface area contributed by atoms with Crippen molar-refractivity contribution in [2.75, 3.05) is 42.4 Å². The summed E-state index contributed by atoms with van der Waals surface area (Å²) < 4.78 is 15.3. The highest BCUT2D eigenvalue weighted by Crippen LogP contribution is 2.04. The number of carbonyl (C=O) groups excluding carboxylic acids is 2. The molecule has 190 valence electrons. The third kappa shape index (κ3) is 32.0. The van der Waals surface area contributed by atoms with Gasteiger partial charge in [-0.1, -0.05) is 67.1 Å². The summed E-state index contributed by atoms with van der Waals surface area (Å²) in [4.78, 5) is 32.7. The minimum atomic E-state index is -0.690. The lowest BCUT2D eigenvalue weighted by Gasteiger charge is -2.07. The lowest BCUT2D eigenvalue weighted by Crippen LogP contribution is -2.14. The highest BCUT2D eigenvalue weighted by Gasteiger charge is 2.04. The Morgan fingerprint density at radius 3 is 1.25 bits per heavy atom. The minimum absolute atomic E-state index is 0.182. The van der Waals surface area contributed by atoms with Gasteiger partial charge in [-0.15, -0.1) is 0 Å². The standard InChI is InChI=1S/C16H28Br2O5.C6H11BrO2/c17-9-5-1-3-7-15(19)22-13-11-21-12-14-23-16(20)8-4-2-6-10-18;7-5-3-1-2-4-6(8)9/h1-14H2;1-5H2,(H,8,9). The van der Waals surface area contributed by atoms with Gasteiger partial charge < -0.3 is 19.3 Å². The van der Waals surface area contributed by atoms with Crippen LogP contribution < -0.4 is 0 Å². The van der Waals surface area contributed by atoms with Gasteiger partial charge in [0, 0.05) is 35.3 Å². The number of carbonyl (C=O) groups is 3. The highest BCUT2D eigenvalue weighted by atomic mass is 79.9. The van der Waals surface area contributed by atoms with Crippen molar-refractivity contribution in [2.24, 2.45) is 0 Å². The molecule has 0 saturated heterocycles. The van der Waals surface area contributed by atoms with Gasteiger partial charge in [-0.05, 0) is 38.5 Å². The van der Waals surface area contributed by atoms with Crippen molar-refractivity contribution in [2.45, 2.75) is 77.0 Å². The van der Waals surface area contributed by atoms with Crippen molar-refractivity contribution < 1.29 is 33.7 Å². The zero-order valence-corrected chi connectivity index (χ0v) is 23.7. The van der Waals surface area contributed by atoms with E-state index in [1.54, 1.807) is 0 Å². The van der Waals surface area contributed by atoms with Gasteiger partial charge in [-0.3, -0.25) is 14.4 Å². The summed E-state index contributed by atoms with van der Waals surface area (Å²) >= 11 is 9.97. The van der Waals surface area contributed by atoms with E-state index in [1.807, 2.05) is 0 Å². The molecule has 7 nitrogen and oxygen atoms in total. The maximum atomic E-state index is 11.4. The summed E-state index contributed by atoms with van der Waals surface area (Å²) in [6.07, 6.45) is 10.0. The molecule has 0 aromatic heterocycles. The van der Waals surface area contributed by atoms with E-state index in [0.717, 1.165) is 73.8 Å². The van der Waals surface area contributed by atoms with Gasteiger partial charge in [0.2, 0.25) is 0 Å². The van der Waals surface area contributed by atoms with Crippen LogP contribution in [0.2, 0.25) is 0 Å². The summed E-state index contributed by atoms with van der Waals surface area (Å²) in [6.45, 7) is 1.15. The zero-order chi connectivity index (χ0) is 24.3. The van der Waals surface area contributed by atoms with Gasteiger partial charge >= 0.3 is 17.9 Å². The molecule has 0 aliphatic heterocycles. The molecule has 0 rings (SSSR count). The Hall–Kier alpha value is -0.190. The number of ether oxygens (including phenoxy) is 3. The predicted octanol–water partition coefficient (Wildman–Crippen LogP) is 6.03. The molecule has 0 aromatic rings. The molecule has 0 radical (unpaired) electrons. The molecule has 0 bridgehead atoms. The van der Waals surface area contributed by atoms with Crippen LogP contribution in [-0.2, 0) is 28.6 Å². The molecule has 0 amide bonds. The van der Waals surface area contributed by atoms with Crippen LogP contribution in [0.3, 0.4) is 0 Å². The molecule has 0 heterocycles. The molecule has 0 aliphatic rings. The summed E-state index contributed by atoms with van der Waals surface area (Å²) in [7, 11) is 0. The Morgan fingerprint density at radius 2 is 0.906 bits per heavy atom. The van der Waals surface area contributed by atoms with Crippen molar-refractivity contribution in [1.82, 2.24) is 0 Å².